The molecule has 58 heavy (non-hydrogen) atoms. The van der Waals surface area contributed by atoms with Gasteiger partial charge in [-0.1, -0.05) is 182 Å². The van der Waals surface area contributed by atoms with E-state index in [1.165, 1.54) is 44.1 Å². The molecule has 6 rings (SSSR count). The van der Waals surface area contributed by atoms with Crippen LogP contribution in [0.15, 0.2) is 142 Å². The van der Waals surface area contributed by atoms with Gasteiger partial charge in [-0.05, 0) is 108 Å². The zero-order valence-electron chi connectivity index (χ0n) is 34.8. The van der Waals surface area contributed by atoms with E-state index in [1.807, 2.05) is 6.08 Å². The molecule has 2 aliphatic rings. The minimum Gasteiger partial charge on any atom is -0.344 e. The fourth-order valence-corrected chi connectivity index (χ4v) is 11.5. The lowest BCUT2D eigenvalue weighted by Gasteiger charge is -2.28. The van der Waals surface area contributed by atoms with Gasteiger partial charge in [0.15, 0.2) is 8.68 Å². The van der Waals surface area contributed by atoms with Gasteiger partial charge in [-0.3, -0.25) is 4.99 Å². The molecule has 0 radical (unpaired) electrons. The number of hydrogen-bond donors (Lipinski definition) is 0. The Labute approximate surface area is 376 Å². The number of hydrogen-bond acceptors (Lipinski definition) is 7. The van der Waals surface area contributed by atoms with Crippen LogP contribution in [-0.4, -0.2) is 29.0 Å². The first kappa shape index (κ1) is 44.6. The Morgan fingerprint density at radius 3 is 2.45 bits per heavy atom. The molecule has 0 saturated carbocycles. The van der Waals surface area contributed by atoms with Crippen molar-refractivity contribution in [1.29, 1.82) is 0 Å². The van der Waals surface area contributed by atoms with Gasteiger partial charge in [0, 0.05) is 60.6 Å². The summed E-state index contributed by atoms with van der Waals surface area (Å²) in [5, 5.41) is 9.40. The molecule has 4 aromatic rings. The average molecular weight is 957 g/mol. The highest BCUT2D eigenvalue weighted by Gasteiger charge is 2.39. The zero-order chi connectivity index (χ0) is 41.3. The Hall–Kier alpha value is -2.95. The van der Waals surface area contributed by atoms with Crippen LogP contribution in [0.4, 0.5) is 5.69 Å². The van der Waals surface area contributed by atoms with Gasteiger partial charge in [0.25, 0.3) is 0 Å². The van der Waals surface area contributed by atoms with E-state index in [0.717, 1.165) is 92.7 Å². The summed E-state index contributed by atoms with van der Waals surface area (Å²) in [6.45, 7) is 19.6. The van der Waals surface area contributed by atoms with E-state index < -0.39 is 0 Å². The van der Waals surface area contributed by atoms with Crippen LogP contribution in [0, 0.1) is 0 Å². The maximum absolute atomic E-state index is 5.25. The lowest BCUT2D eigenvalue weighted by Crippen LogP contribution is -2.28. The van der Waals surface area contributed by atoms with E-state index in [1.54, 1.807) is 34.9 Å². The second kappa shape index (κ2) is 20.5. The average Bonchev–Trinajstić information content (AvgIpc) is 3.75. The highest BCUT2D eigenvalue weighted by molar-refractivity contribution is 9.10. The Balaban J connectivity index is 1.39. The van der Waals surface area contributed by atoms with Gasteiger partial charge in [0.1, 0.15) is 0 Å². The van der Waals surface area contributed by atoms with Gasteiger partial charge in [0.05, 0.1) is 0 Å². The number of aliphatic imine (C=N–C) groups is 1. The van der Waals surface area contributed by atoms with Gasteiger partial charge in [0.2, 0.25) is 0 Å². The number of unbranched alkanes of at least 4 members (excludes halogenated alkanes) is 2. The first-order chi connectivity index (χ1) is 27.9. The number of aromatic nitrogens is 2. The molecule has 0 N–H and O–H groups in total. The van der Waals surface area contributed by atoms with Crippen molar-refractivity contribution in [3.8, 4) is 0 Å². The third-order valence-electron chi connectivity index (χ3n) is 11.1. The molecule has 0 amide bonds. The fourth-order valence-electron chi connectivity index (χ4n) is 7.54. The van der Waals surface area contributed by atoms with Gasteiger partial charge in [-0.15, -0.1) is 10.2 Å². The van der Waals surface area contributed by atoms with Gasteiger partial charge in [-0.25, -0.2) is 0 Å². The predicted molar refractivity (Wildman–Crippen MR) is 262 cm³/mol. The summed E-state index contributed by atoms with van der Waals surface area (Å²) in [6.07, 6.45) is 19.0. The molecule has 0 spiro atoms. The molecule has 1 aliphatic heterocycles. The van der Waals surface area contributed by atoms with E-state index in [9.17, 15) is 0 Å². The van der Waals surface area contributed by atoms with Crippen molar-refractivity contribution in [3.05, 3.63) is 151 Å². The maximum atomic E-state index is 5.25. The molecule has 2 heterocycles. The second-order valence-corrected chi connectivity index (χ2v) is 21.3. The smallest absolute Gasteiger partial charge is 0.179 e. The number of rotatable bonds is 17. The molecule has 3 aromatic carbocycles. The summed E-state index contributed by atoms with van der Waals surface area (Å²) in [7, 11) is 0. The summed E-state index contributed by atoms with van der Waals surface area (Å²) in [5.74, 6) is 0.851. The number of nitrogens with zero attached hydrogens (tertiary/aromatic N) is 4. The van der Waals surface area contributed by atoms with E-state index in [4.69, 9.17) is 10.1 Å². The molecule has 4 nitrogen and oxygen atoms in total. The number of fused-ring (bicyclic) bond motifs is 1. The van der Waals surface area contributed by atoms with Crippen LogP contribution in [0.1, 0.15) is 109 Å². The molecule has 9 heteroatoms. The largest absolute Gasteiger partial charge is 0.344 e. The zero-order valence-corrected chi connectivity index (χ0v) is 40.4. The van der Waals surface area contributed by atoms with E-state index >= 15 is 0 Å². The van der Waals surface area contributed by atoms with Crippen LogP contribution in [0.5, 0.6) is 0 Å². The topological polar surface area (TPSA) is 41.4 Å². The monoisotopic (exact) mass is 954 g/mol. The molecule has 0 unspecified atom stereocenters. The predicted octanol–water partition coefficient (Wildman–Crippen LogP) is 15.7. The van der Waals surface area contributed by atoms with Crippen molar-refractivity contribution in [2.24, 2.45) is 4.99 Å². The van der Waals surface area contributed by atoms with E-state index in [-0.39, 0.29) is 10.8 Å². The minimum atomic E-state index is -0.267. The molecule has 1 aliphatic carbocycles. The molecule has 304 valence electrons. The molecule has 0 fully saturated rings. The fraction of sp³-hybridized carbons (Fsp3) is 0.367. The summed E-state index contributed by atoms with van der Waals surface area (Å²) in [6, 6.07) is 24.0. The maximum Gasteiger partial charge on any atom is 0.179 e. The Morgan fingerprint density at radius 1 is 0.948 bits per heavy atom. The summed E-state index contributed by atoms with van der Waals surface area (Å²) in [4.78, 5) is 9.10. The van der Waals surface area contributed by atoms with Crippen molar-refractivity contribution in [1.82, 2.24) is 10.2 Å². The Morgan fingerprint density at radius 2 is 1.71 bits per heavy atom. The number of anilines is 1. The number of halogens is 2. The highest BCUT2D eigenvalue weighted by atomic mass is 79.9. The van der Waals surface area contributed by atoms with Crippen LogP contribution < -0.4 is 4.90 Å². The normalized spacial score (nSPS) is 17.2. The molecule has 1 aromatic heterocycles. The lowest BCUT2D eigenvalue weighted by molar-refractivity contribution is 0.624. The highest BCUT2D eigenvalue weighted by Crippen LogP contribution is 2.49. The number of allylic oxidation sites excluding steroid dienone is 7. The van der Waals surface area contributed by atoms with Gasteiger partial charge < -0.3 is 4.90 Å². The Kier molecular flexibility index (Phi) is 15.8. The number of benzene rings is 3. The Bertz CT molecular complexity index is 2230. The molecule has 0 bridgehead atoms. The van der Waals surface area contributed by atoms with Crippen molar-refractivity contribution >= 4 is 84.2 Å². The third-order valence-corrected chi connectivity index (χ3v) is 15.5. The number of thioether (sulfide) groups is 2. The van der Waals surface area contributed by atoms with Crippen LogP contribution in [0.25, 0.3) is 6.08 Å². The molecule has 0 atom stereocenters. The first-order valence-electron chi connectivity index (χ1n) is 20.5. The van der Waals surface area contributed by atoms with Crippen molar-refractivity contribution in [2.75, 3.05) is 18.0 Å². The molecule has 0 saturated heterocycles. The van der Waals surface area contributed by atoms with Gasteiger partial charge in [-0.2, -0.15) is 0 Å². The van der Waals surface area contributed by atoms with Crippen molar-refractivity contribution < 1.29 is 0 Å². The van der Waals surface area contributed by atoms with E-state index in [2.05, 4.69) is 181 Å². The second-order valence-electron chi connectivity index (χ2n) is 16.0. The quantitative estimate of drug-likeness (QED) is 0.0599. The molecular weight excluding hydrogens is 901 g/mol. The van der Waals surface area contributed by atoms with Crippen LogP contribution in [0.2, 0.25) is 0 Å². The van der Waals surface area contributed by atoms with Crippen LogP contribution in [-0.2, 0) is 16.6 Å². The summed E-state index contributed by atoms with van der Waals surface area (Å²) < 4.78 is 4.17. The molecular formula is C49H56Br2N4S3. The summed E-state index contributed by atoms with van der Waals surface area (Å²) >= 11 is 12.7. The van der Waals surface area contributed by atoms with E-state index in [0.29, 0.717) is 0 Å². The van der Waals surface area contributed by atoms with Gasteiger partial charge >= 0.3 is 0 Å². The minimum absolute atomic E-state index is 0.127. The van der Waals surface area contributed by atoms with Crippen molar-refractivity contribution in [3.63, 3.8) is 0 Å². The summed E-state index contributed by atoms with van der Waals surface area (Å²) in [5.41, 5.74) is 11.1. The lowest BCUT2D eigenvalue weighted by atomic mass is 9.79. The first-order valence-corrected chi connectivity index (χ1v) is 24.7. The third kappa shape index (κ3) is 10.9. The van der Waals surface area contributed by atoms with Crippen LogP contribution in [0.3, 0.4) is 0 Å². The van der Waals surface area contributed by atoms with Crippen LogP contribution >= 0.6 is 66.7 Å². The standard InChI is InChI=1S/C49H56Br2N4S3/c1-8-11-29-52-43(48(4,5)38-17-14-18-39(50)31-38)27-23-36-15-13-16-37(24-28-44-49(6,7)41-32-40(51)25-26-42(41)55(44)30-12-9-2)45(36)57-47-54-53-46(58-47)56-33-35-21-19-34(10-3)20-22-35/h10,14,17-28,31-32H,3,8-9,11-13,15-16,29-30,33H2,1-2,4-7H3/b27-23+,37-24+,44-28+,52-43?. The SMILES string of the molecule is C=Cc1ccc(CSc2nnc(SC3=C(/C=C/C(=NCCCC)C(C)(C)c4cccc(Br)c4)CCC/C3=C\C=C3\N(CCCC)c4ccc(Br)cc4C3(C)C)s2)cc1. The van der Waals surface area contributed by atoms with Crippen molar-refractivity contribution in [2.45, 2.75) is 112 Å².